The highest BCUT2D eigenvalue weighted by Gasteiger charge is 1.94. The van der Waals surface area contributed by atoms with Crippen LogP contribution in [-0.4, -0.2) is 0 Å². The highest BCUT2D eigenvalue weighted by molar-refractivity contribution is 5.17. The molecule has 0 unspecified atom stereocenters. The number of hydrogen-bond acceptors (Lipinski definition) is 0. The monoisotopic (exact) mass is 339 g/mol. The third-order valence-electron chi connectivity index (χ3n) is 4.71. The average molecular weight is 340 g/mol. The van der Waals surface area contributed by atoms with E-state index in [4.69, 9.17) is 0 Å². The van der Waals surface area contributed by atoms with Crippen LogP contribution in [0.3, 0.4) is 0 Å². The first-order chi connectivity index (χ1) is 12.5. The molecule has 0 spiro atoms. The minimum absolute atomic E-state index is 1.10. The van der Waals surface area contributed by atoms with Crippen LogP contribution in [-0.2, 0) is 0 Å². The summed E-state index contributed by atoms with van der Waals surface area (Å²) in [5.74, 6) is 0. The second-order valence-corrected chi connectivity index (χ2v) is 7.09. The van der Waals surface area contributed by atoms with Crippen molar-refractivity contribution in [2.24, 2.45) is 0 Å². The van der Waals surface area contributed by atoms with Crippen LogP contribution in [0.5, 0.6) is 0 Å². The molecule has 0 saturated heterocycles. The second kappa shape index (κ2) is 19.0. The molecule has 1 rings (SSSR count). The molecule has 0 aromatic rings. The van der Waals surface area contributed by atoms with E-state index in [9.17, 15) is 0 Å². The Kier molecular flexibility index (Phi) is 16.6. The first-order valence-electron chi connectivity index (χ1n) is 10.7. The van der Waals surface area contributed by atoms with Gasteiger partial charge in [-0.25, -0.2) is 0 Å². The number of rotatable bonds is 0. The summed E-state index contributed by atoms with van der Waals surface area (Å²) in [4.78, 5) is 0. The quantitative estimate of drug-likeness (QED) is 0.415. The maximum absolute atomic E-state index is 3.37. The third-order valence-corrected chi connectivity index (χ3v) is 4.71. The van der Waals surface area contributed by atoms with Crippen molar-refractivity contribution in [2.75, 3.05) is 0 Å². The minimum atomic E-state index is 1.10. The Hall–Kier alpha value is -1.30. The number of hydrogen-bond donors (Lipinski definition) is 0. The average Bonchev–Trinajstić information content (AvgIpc) is 2.62. The van der Waals surface area contributed by atoms with Crippen LogP contribution < -0.4 is 0 Å². The van der Waals surface area contributed by atoms with Crippen LogP contribution in [0.2, 0.25) is 0 Å². The van der Waals surface area contributed by atoms with E-state index in [-0.39, 0.29) is 0 Å². The van der Waals surface area contributed by atoms with Gasteiger partial charge in [-0.1, -0.05) is 125 Å². The highest BCUT2D eigenvalue weighted by Crippen LogP contribution is 2.13. The van der Waals surface area contributed by atoms with Gasteiger partial charge in [-0.05, 0) is 31.8 Å². The zero-order chi connectivity index (χ0) is 17.7. The lowest BCUT2D eigenvalue weighted by molar-refractivity contribution is 0.537. The summed E-state index contributed by atoms with van der Waals surface area (Å²) in [5, 5.41) is 0. The van der Waals surface area contributed by atoms with E-state index in [0.29, 0.717) is 0 Å². The summed E-state index contributed by atoms with van der Waals surface area (Å²) < 4.78 is 0. The molecule has 0 nitrogen and oxygen atoms in total. The third kappa shape index (κ3) is 17.3. The Labute approximate surface area is 157 Å². The van der Waals surface area contributed by atoms with Crippen molar-refractivity contribution in [3.63, 3.8) is 0 Å². The van der Waals surface area contributed by atoms with Gasteiger partial charge in [-0.15, -0.1) is 0 Å². The van der Waals surface area contributed by atoms with E-state index < -0.39 is 0 Å². The Morgan fingerprint density at radius 1 is 0.400 bits per heavy atom. The second-order valence-electron chi connectivity index (χ2n) is 7.09. The molecule has 0 amide bonds. The summed E-state index contributed by atoms with van der Waals surface area (Å²) in [6.07, 6.45) is 43.0. The Morgan fingerprint density at radius 3 is 1.44 bits per heavy atom. The molecule has 0 N–H and O–H groups in total. The molecule has 0 aromatic carbocycles. The molecule has 0 fully saturated rings. The Bertz CT molecular complexity index is 368. The van der Waals surface area contributed by atoms with Crippen molar-refractivity contribution >= 4 is 0 Å². The van der Waals surface area contributed by atoms with Gasteiger partial charge in [-0.3, -0.25) is 0 Å². The van der Waals surface area contributed by atoms with Crippen molar-refractivity contribution in [1.82, 2.24) is 0 Å². The molecule has 1 aliphatic rings. The molecule has 139 valence electrons. The molecular formula is C25H39. The van der Waals surface area contributed by atoms with E-state index in [1.165, 1.54) is 89.9 Å². The maximum Gasteiger partial charge on any atom is -0.0276 e. The summed E-state index contributed by atoms with van der Waals surface area (Å²) in [6.45, 7) is 0. The van der Waals surface area contributed by atoms with Gasteiger partial charge in [0.2, 0.25) is 0 Å². The lowest BCUT2D eigenvalue weighted by atomic mass is 10.0. The zero-order valence-electron chi connectivity index (χ0n) is 16.3. The zero-order valence-corrected chi connectivity index (χ0v) is 16.3. The molecule has 0 aliphatic heterocycles. The van der Waals surface area contributed by atoms with Crippen LogP contribution in [0, 0.1) is 6.08 Å². The Balaban J connectivity index is 2.24. The predicted octanol–water partition coefficient (Wildman–Crippen LogP) is 8.44. The van der Waals surface area contributed by atoms with E-state index in [1.807, 2.05) is 0 Å². The lowest BCUT2D eigenvalue weighted by Gasteiger charge is -2.02. The molecule has 25 heavy (non-hydrogen) atoms. The lowest BCUT2D eigenvalue weighted by Crippen LogP contribution is -1.83. The number of allylic oxidation sites excluding steroid dienone is 10. The van der Waals surface area contributed by atoms with Gasteiger partial charge in [0.05, 0.1) is 0 Å². The molecular weight excluding hydrogens is 300 g/mol. The van der Waals surface area contributed by atoms with Crippen LogP contribution in [0.1, 0.15) is 96.3 Å². The molecule has 0 heterocycles. The molecule has 0 aromatic heterocycles. The van der Waals surface area contributed by atoms with Crippen LogP contribution in [0.15, 0.2) is 54.7 Å². The van der Waals surface area contributed by atoms with E-state index in [2.05, 4.69) is 60.8 Å². The SMILES string of the molecule is [C]1=C/C=C\C=C/C=C\C=C/CCCCCCCCCCCCCCC\1. The topological polar surface area (TPSA) is 0 Å². The van der Waals surface area contributed by atoms with Gasteiger partial charge >= 0.3 is 0 Å². The summed E-state index contributed by atoms with van der Waals surface area (Å²) in [5.41, 5.74) is 0. The first-order valence-corrected chi connectivity index (χ1v) is 10.7. The predicted molar refractivity (Wildman–Crippen MR) is 114 cm³/mol. The van der Waals surface area contributed by atoms with Crippen LogP contribution in [0.4, 0.5) is 0 Å². The maximum atomic E-state index is 3.37. The van der Waals surface area contributed by atoms with Gasteiger partial charge in [-0.2, -0.15) is 0 Å². The molecule has 1 aliphatic carbocycles. The minimum Gasteiger partial charge on any atom is -0.0845 e. The normalized spacial score (nSPS) is 27.2. The van der Waals surface area contributed by atoms with Gasteiger partial charge in [0.15, 0.2) is 0 Å². The molecule has 0 heteroatoms. The van der Waals surface area contributed by atoms with Crippen molar-refractivity contribution in [3.8, 4) is 0 Å². The van der Waals surface area contributed by atoms with Crippen molar-refractivity contribution < 1.29 is 0 Å². The molecule has 0 saturated carbocycles. The summed E-state index contributed by atoms with van der Waals surface area (Å²) >= 11 is 0. The fraction of sp³-hybridized carbons (Fsp3) is 0.600. The van der Waals surface area contributed by atoms with Gasteiger partial charge < -0.3 is 0 Å². The molecule has 0 bridgehead atoms. The summed E-state index contributed by atoms with van der Waals surface area (Å²) in [7, 11) is 0. The van der Waals surface area contributed by atoms with E-state index in [0.717, 1.165) is 6.42 Å². The standard InChI is InChI=1S/C25H39/c1-2-4-6-8-10-12-14-16-18-20-22-24-25-23-21-19-17-15-13-11-9-7-5-3-1/h1-9H,10,12-25H2/b3-1-,4-2-,7-5-,8-6-,11-9?. The fourth-order valence-corrected chi connectivity index (χ4v) is 3.14. The Morgan fingerprint density at radius 2 is 0.840 bits per heavy atom. The van der Waals surface area contributed by atoms with Crippen molar-refractivity contribution in [2.45, 2.75) is 96.3 Å². The summed E-state index contributed by atoms with van der Waals surface area (Å²) in [6, 6.07) is 0. The van der Waals surface area contributed by atoms with Crippen molar-refractivity contribution in [1.29, 1.82) is 0 Å². The largest absolute Gasteiger partial charge is 0.0845 e. The molecule has 0 atom stereocenters. The van der Waals surface area contributed by atoms with E-state index >= 15 is 0 Å². The van der Waals surface area contributed by atoms with Crippen LogP contribution >= 0.6 is 0 Å². The smallest absolute Gasteiger partial charge is 0.0276 e. The highest BCUT2D eigenvalue weighted by atomic mass is 14.0. The van der Waals surface area contributed by atoms with Gasteiger partial charge in [0.1, 0.15) is 0 Å². The van der Waals surface area contributed by atoms with E-state index in [1.54, 1.807) is 0 Å². The fourth-order valence-electron chi connectivity index (χ4n) is 3.14. The first kappa shape index (κ1) is 21.7. The molecule has 1 radical (unpaired) electrons. The van der Waals surface area contributed by atoms with Gasteiger partial charge in [0.25, 0.3) is 0 Å². The van der Waals surface area contributed by atoms with Gasteiger partial charge in [0, 0.05) is 0 Å². The van der Waals surface area contributed by atoms with Crippen molar-refractivity contribution in [3.05, 3.63) is 60.8 Å². The van der Waals surface area contributed by atoms with Crippen LogP contribution in [0.25, 0.3) is 0 Å².